The summed E-state index contributed by atoms with van der Waals surface area (Å²) >= 11 is 3.93. The maximum atomic E-state index is 3.93. The molecular formula is C20H30BrP. The van der Waals surface area contributed by atoms with Crippen molar-refractivity contribution in [1.82, 2.24) is 0 Å². The minimum absolute atomic E-state index is 0.0116. The van der Waals surface area contributed by atoms with Crippen molar-refractivity contribution in [3.05, 3.63) is 27.7 Å². The quantitative estimate of drug-likeness (QED) is 0.503. The number of aryl methyl sites for hydroxylation is 2. The zero-order valence-electron chi connectivity index (χ0n) is 14.2. The topological polar surface area (TPSA) is 0 Å². The summed E-state index contributed by atoms with van der Waals surface area (Å²) in [4.78, 5) is 0. The Morgan fingerprint density at radius 3 is 1.73 bits per heavy atom. The summed E-state index contributed by atoms with van der Waals surface area (Å²) in [5, 5.41) is 1.69. The maximum Gasteiger partial charge on any atom is 0.0255 e. The van der Waals surface area contributed by atoms with E-state index in [1.54, 1.807) is 5.30 Å². The lowest BCUT2D eigenvalue weighted by Crippen LogP contribution is -2.27. The highest BCUT2D eigenvalue weighted by Crippen LogP contribution is 2.56. The van der Waals surface area contributed by atoms with Crippen molar-refractivity contribution in [3.63, 3.8) is 0 Å². The van der Waals surface area contributed by atoms with Gasteiger partial charge in [0, 0.05) is 4.47 Å². The van der Waals surface area contributed by atoms with Gasteiger partial charge in [-0.15, -0.1) is 0 Å². The van der Waals surface area contributed by atoms with Crippen LogP contribution >= 0.6 is 23.9 Å². The molecule has 0 radical (unpaired) electrons. The molecule has 0 atom stereocenters. The summed E-state index contributed by atoms with van der Waals surface area (Å²) in [6.45, 7) is 4.54. The third-order valence-corrected chi connectivity index (χ3v) is 10.3. The van der Waals surface area contributed by atoms with E-state index < -0.39 is 0 Å². The Kier molecular flexibility index (Phi) is 6.02. The summed E-state index contributed by atoms with van der Waals surface area (Å²) in [6.07, 6.45) is 14.8. The maximum absolute atomic E-state index is 3.93. The molecule has 0 heterocycles. The van der Waals surface area contributed by atoms with E-state index in [1.807, 2.05) is 0 Å². The van der Waals surface area contributed by atoms with E-state index in [0.29, 0.717) is 0 Å². The fourth-order valence-corrected chi connectivity index (χ4v) is 9.33. The first-order chi connectivity index (χ1) is 10.7. The van der Waals surface area contributed by atoms with Crippen molar-refractivity contribution < 1.29 is 0 Å². The van der Waals surface area contributed by atoms with Crippen LogP contribution in [-0.4, -0.2) is 11.3 Å². The Morgan fingerprint density at radius 2 is 1.23 bits per heavy atom. The fourth-order valence-electron chi connectivity index (χ4n) is 4.37. The predicted octanol–water partition coefficient (Wildman–Crippen LogP) is 6.84. The third kappa shape index (κ3) is 3.78. The minimum atomic E-state index is 0.0116. The first-order valence-corrected chi connectivity index (χ1v) is 11.5. The van der Waals surface area contributed by atoms with Crippen molar-refractivity contribution in [3.8, 4) is 0 Å². The second-order valence-corrected chi connectivity index (χ2v) is 11.0. The van der Waals surface area contributed by atoms with Gasteiger partial charge in [-0.1, -0.05) is 68.4 Å². The average molecular weight is 381 g/mol. The van der Waals surface area contributed by atoms with Crippen LogP contribution in [0.15, 0.2) is 16.6 Å². The molecule has 0 bridgehead atoms. The summed E-state index contributed by atoms with van der Waals surface area (Å²) in [7, 11) is 0.0116. The lowest BCUT2D eigenvalue weighted by atomic mass is 9.99. The lowest BCUT2D eigenvalue weighted by molar-refractivity contribution is 0.487. The highest BCUT2D eigenvalue weighted by atomic mass is 79.9. The monoisotopic (exact) mass is 380 g/mol. The molecule has 2 fully saturated rings. The van der Waals surface area contributed by atoms with Gasteiger partial charge in [-0.3, -0.25) is 0 Å². The SMILES string of the molecule is Cc1cc(Br)c(P(C2CCCCC2)C2CCCCC2)cc1C. The third-order valence-electron chi connectivity index (χ3n) is 5.78. The van der Waals surface area contributed by atoms with Gasteiger partial charge in [0.05, 0.1) is 0 Å². The molecule has 0 unspecified atom stereocenters. The largest absolute Gasteiger partial charge is 0.0677 e. The zero-order valence-corrected chi connectivity index (χ0v) is 16.7. The van der Waals surface area contributed by atoms with Gasteiger partial charge in [-0.2, -0.15) is 0 Å². The van der Waals surface area contributed by atoms with E-state index in [2.05, 4.69) is 41.9 Å². The average Bonchev–Trinajstić information content (AvgIpc) is 2.55. The summed E-state index contributed by atoms with van der Waals surface area (Å²) in [6, 6.07) is 4.92. The molecule has 1 aromatic carbocycles. The van der Waals surface area contributed by atoms with E-state index in [1.165, 1.54) is 79.8 Å². The standard InChI is InChI=1S/C20H30BrP/c1-15-13-19(21)20(14-16(15)2)22(17-9-5-3-6-10-17)18-11-7-4-8-12-18/h13-14,17-18H,3-12H2,1-2H3. The Labute approximate surface area is 146 Å². The molecular weight excluding hydrogens is 351 g/mol. The van der Waals surface area contributed by atoms with Crippen LogP contribution in [0.1, 0.15) is 75.3 Å². The highest BCUT2D eigenvalue weighted by molar-refractivity contribution is 9.10. The van der Waals surface area contributed by atoms with Gasteiger partial charge >= 0.3 is 0 Å². The molecule has 2 heteroatoms. The van der Waals surface area contributed by atoms with Crippen LogP contribution in [0.2, 0.25) is 0 Å². The fraction of sp³-hybridized carbons (Fsp3) is 0.700. The number of rotatable bonds is 3. The van der Waals surface area contributed by atoms with Crippen molar-refractivity contribution in [2.75, 3.05) is 0 Å². The smallest absolute Gasteiger partial charge is 0.0255 e. The second-order valence-electron chi connectivity index (χ2n) is 7.38. The van der Waals surface area contributed by atoms with E-state index in [-0.39, 0.29) is 7.92 Å². The summed E-state index contributed by atoms with van der Waals surface area (Å²) < 4.78 is 1.40. The number of hydrogen-bond donors (Lipinski definition) is 0. The van der Waals surface area contributed by atoms with Crippen LogP contribution in [0.4, 0.5) is 0 Å². The van der Waals surface area contributed by atoms with Gasteiger partial charge in [0.1, 0.15) is 0 Å². The van der Waals surface area contributed by atoms with E-state index in [4.69, 9.17) is 0 Å². The first kappa shape index (κ1) is 17.0. The molecule has 0 aliphatic heterocycles. The molecule has 0 nitrogen and oxygen atoms in total. The van der Waals surface area contributed by atoms with Gasteiger partial charge in [0.2, 0.25) is 0 Å². The molecule has 22 heavy (non-hydrogen) atoms. The van der Waals surface area contributed by atoms with Gasteiger partial charge < -0.3 is 0 Å². The molecule has 0 aromatic heterocycles. The number of hydrogen-bond acceptors (Lipinski definition) is 0. The van der Waals surface area contributed by atoms with Crippen LogP contribution < -0.4 is 5.30 Å². The van der Waals surface area contributed by atoms with E-state index in [0.717, 1.165) is 11.3 Å². The zero-order chi connectivity index (χ0) is 15.5. The lowest BCUT2D eigenvalue weighted by Gasteiger charge is -2.39. The molecule has 122 valence electrons. The van der Waals surface area contributed by atoms with Crippen molar-refractivity contribution in [2.24, 2.45) is 0 Å². The Bertz CT molecular complexity index is 481. The van der Waals surface area contributed by atoms with Crippen LogP contribution in [0, 0.1) is 13.8 Å². The molecule has 0 spiro atoms. The molecule has 2 aliphatic rings. The van der Waals surface area contributed by atoms with Crippen LogP contribution in [0.25, 0.3) is 0 Å². The predicted molar refractivity (Wildman–Crippen MR) is 104 cm³/mol. The van der Waals surface area contributed by atoms with Gasteiger partial charge in [-0.05, 0) is 73.3 Å². The van der Waals surface area contributed by atoms with Crippen molar-refractivity contribution in [1.29, 1.82) is 0 Å². The number of benzene rings is 1. The summed E-state index contributed by atoms with van der Waals surface area (Å²) in [5.41, 5.74) is 4.89. The molecule has 0 amide bonds. The summed E-state index contributed by atoms with van der Waals surface area (Å²) in [5.74, 6) is 0. The van der Waals surface area contributed by atoms with Gasteiger partial charge in [0.15, 0.2) is 0 Å². The first-order valence-electron chi connectivity index (χ1n) is 9.22. The van der Waals surface area contributed by atoms with Crippen LogP contribution in [0.3, 0.4) is 0 Å². The molecule has 2 saturated carbocycles. The van der Waals surface area contributed by atoms with Gasteiger partial charge in [-0.25, -0.2) is 0 Å². The normalized spacial score (nSPS) is 21.5. The second kappa shape index (κ2) is 7.80. The Balaban J connectivity index is 1.94. The molecule has 1 aromatic rings. The molecule has 2 aliphatic carbocycles. The van der Waals surface area contributed by atoms with Crippen LogP contribution in [-0.2, 0) is 0 Å². The number of halogens is 1. The Hall–Kier alpha value is 0.130. The Morgan fingerprint density at radius 1 is 0.773 bits per heavy atom. The minimum Gasteiger partial charge on any atom is -0.0677 e. The molecule has 0 N–H and O–H groups in total. The highest BCUT2D eigenvalue weighted by Gasteiger charge is 2.33. The van der Waals surface area contributed by atoms with Gasteiger partial charge in [0.25, 0.3) is 0 Å². The van der Waals surface area contributed by atoms with Crippen LogP contribution in [0.5, 0.6) is 0 Å². The van der Waals surface area contributed by atoms with E-state index in [9.17, 15) is 0 Å². The van der Waals surface area contributed by atoms with Crippen molar-refractivity contribution in [2.45, 2.75) is 89.4 Å². The molecule has 3 rings (SSSR count). The molecule has 0 saturated heterocycles. The van der Waals surface area contributed by atoms with Crippen molar-refractivity contribution >= 4 is 29.2 Å². The van der Waals surface area contributed by atoms with E-state index >= 15 is 0 Å².